The van der Waals surface area contributed by atoms with Gasteiger partial charge in [0.15, 0.2) is 5.15 Å². The molecule has 0 unspecified atom stereocenters. The van der Waals surface area contributed by atoms with Crippen molar-refractivity contribution in [2.75, 3.05) is 4.90 Å². The molecule has 2 aromatic heterocycles. The van der Waals surface area contributed by atoms with E-state index in [1.54, 1.807) is 39.1 Å². The van der Waals surface area contributed by atoms with Crippen molar-refractivity contribution in [1.29, 1.82) is 0 Å². The minimum Gasteiger partial charge on any atom is -0.443 e. The zero-order valence-electron chi connectivity index (χ0n) is 15.8. The molecule has 0 aliphatic heterocycles. The monoisotopic (exact) mass is 402 g/mol. The molecule has 0 atom stereocenters. The fraction of sp³-hybridized carbons (Fsp3) is 0.250. The first-order valence-electron chi connectivity index (χ1n) is 8.65. The van der Waals surface area contributed by atoms with Gasteiger partial charge in [0.05, 0.1) is 18.4 Å². The van der Waals surface area contributed by atoms with E-state index in [1.807, 2.05) is 30.3 Å². The smallest absolute Gasteiger partial charge is 0.415 e. The van der Waals surface area contributed by atoms with E-state index in [0.717, 1.165) is 15.1 Å². The maximum atomic E-state index is 15.3. The largest absolute Gasteiger partial charge is 0.443 e. The molecular formula is C20H20ClFN4O2. The summed E-state index contributed by atoms with van der Waals surface area (Å²) in [5.41, 5.74) is 0.271. The van der Waals surface area contributed by atoms with Crippen LogP contribution in [0.3, 0.4) is 0 Å². The lowest BCUT2D eigenvalue weighted by atomic mass is 10.2. The van der Waals surface area contributed by atoms with Crippen LogP contribution in [0.15, 0.2) is 54.9 Å². The number of carbonyl (C=O) groups excluding carboxylic acids is 1. The number of hydrogen-bond acceptors (Lipinski definition) is 4. The number of aromatic nitrogens is 3. The van der Waals surface area contributed by atoms with E-state index in [0.29, 0.717) is 5.69 Å². The Balaban J connectivity index is 2.05. The molecule has 0 saturated carbocycles. The Morgan fingerprint density at radius 1 is 1.21 bits per heavy atom. The van der Waals surface area contributed by atoms with Crippen LogP contribution >= 0.6 is 11.6 Å². The first-order chi connectivity index (χ1) is 13.3. The van der Waals surface area contributed by atoms with E-state index >= 15 is 4.39 Å². The van der Waals surface area contributed by atoms with E-state index in [9.17, 15) is 4.79 Å². The van der Waals surface area contributed by atoms with Gasteiger partial charge in [0.25, 0.3) is 0 Å². The Morgan fingerprint density at radius 2 is 1.93 bits per heavy atom. The molecule has 2 heterocycles. The maximum Gasteiger partial charge on any atom is 0.415 e. The van der Waals surface area contributed by atoms with Crippen LogP contribution in [0.5, 0.6) is 0 Å². The molecule has 0 spiro atoms. The number of benzene rings is 1. The second kappa shape index (κ2) is 7.98. The van der Waals surface area contributed by atoms with Gasteiger partial charge in [0, 0.05) is 6.20 Å². The summed E-state index contributed by atoms with van der Waals surface area (Å²) in [4.78, 5) is 18.0. The number of ether oxygens (including phenoxy) is 1. The predicted octanol–water partition coefficient (Wildman–Crippen LogP) is 5.00. The van der Waals surface area contributed by atoms with Crippen molar-refractivity contribution in [2.24, 2.45) is 0 Å². The van der Waals surface area contributed by atoms with Crippen LogP contribution in [0, 0.1) is 5.95 Å². The lowest BCUT2D eigenvalue weighted by molar-refractivity contribution is 0.0576. The van der Waals surface area contributed by atoms with Crippen LogP contribution < -0.4 is 4.90 Å². The normalized spacial score (nSPS) is 11.3. The van der Waals surface area contributed by atoms with Gasteiger partial charge in [-0.3, -0.25) is 9.88 Å². The maximum absolute atomic E-state index is 15.3. The van der Waals surface area contributed by atoms with Gasteiger partial charge in [0.2, 0.25) is 5.95 Å². The first-order valence-corrected chi connectivity index (χ1v) is 9.03. The van der Waals surface area contributed by atoms with Crippen molar-refractivity contribution in [3.63, 3.8) is 0 Å². The molecule has 3 rings (SSSR count). The highest BCUT2D eigenvalue weighted by Crippen LogP contribution is 2.32. The zero-order valence-corrected chi connectivity index (χ0v) is 16.5. The lowest BCUT2D eigenvalue weighted by Gasteiger charge is -2.27. The van der Waals surface area contributed by atoms with Gasteiger partial charge >= 0.3 is 6.09 Å². The average molecular weight is 403 g/mol. The minimum atomic E-state index is -0.778. The molecule has 146 valence electrons. The highest BCUT2D eigenvalue weighted by molar-refractivity contribution is 6.32. The Labute approximate surface area is 167 Å². The number of anilines is 1. The number of halogens is 2. The number of amides is 1. The number of hydrogen-bond donors (Lipinski definition) is 0. The van der Waals surface area contributed by atoms with Gasteiger partial charge in [-0.15, -0.1) is 0 Å². The third-order valence-electron chi connectivity index (χ3n) is 3.72. The van der Waals surface area contributed by atoms with E-state index in [1.165, 1.54) is 6.20 Å². The van der Waals surface area contributed by atoms with Crippen LogP contribution in [-0.4, -0.2) is 26.5 Å². The molecule has 3 aromatic rings. The molecule has 1 aromatic carbocycles. The van der Waals surface area contributed by atoms with E-state index in [4.69, 9.17) is 16.3 Å². The zero-order chi connectivity index (χ0) is 20.3. The van der Waals surface area contributed by atoms with Crippen molar-refractivity contribution in [3.8, 4) is 5.69 Å². The standard InChI is InChI=1S/C20H20ClFN4O2/c1-20(2,3)28-19(27)25(13-14-8-5-4-6-9-14)16-17(21)24-26(18(16)22)15-10-7-11-23-12-15/h4-12H,13H2,1-3H3. The fourth-order valence-corrected chi connectivity index (χ4v) is 2.81. The van der Waals surface area contributed by atoms with Gasteiger partial charge < -0.3 is 4.74 Å². The van der Waals surface area contributed by atoms with Crippen molar-refractivity contribution in [3.05, 3.63) is 71.5 Å². The predicted molar refractivity (Wildman–Crippen MR) is 105 cm³/mol. The minimum absolute atomic E-state index is 0.0745. The molecule has 0 radical (unpaired) electrons. The van der Waals surface area contributed by atoms with Gasteiger partial charge in [-0.2, -0.15) is 9.49 Å². The third kappa shape index (κ3) is 4.48. The molecular weight excluding hydrogens is 383 g/mol. The Hall–Kier alpha value is -2.93. The quantitative estimate of drug-likeness (QED) is 0.616. The van der Waals surface area contributed by atoms with Crippen molar-refractivity contribution in [1.82, 2.24) is 14.8 Å². The van der Waals surface area contributed by atoms with Gasteiger partial charge in [-0.05, 0) is 38.5 Å². The SMILES string of the molecule is CC(C)(C)OC(=O)N(Cc1ccccc1)c1c(Cl)nn(-c2cccnc2)c1F. The number of carbonyl (C=O) groups is 1. The summed E-state index contributed by atoms with van der Waals surface area (Å²) >= 11 is 6.23. The van der Waals surface area contributed by atoms with Crippen molar-refractivity contribution >= 4 is 23.4 Å². The van der Waals surface area contributed by atoms with Crippen molar-refractivity contribution < 1.29 is 13.9 Å². The summed E-state index contributed by atoms with van der Waals surface area (Å²) in [5, 5.41) is 3.89. The number of nitrogens with zero attached hydrogens (tertiary/aromatic N) is 4. The molecule has 0 fully saturated rings. The van der Waals surface area contributed by atoms with E-state index in [-0.39, 0.29) is 17.4 Å². The molecule has 6 nitrogen and oxygen atoms in total. The van der Waals surface area contributed by atoms with Gasteiger partial charge in [0.1, 0.15) is 11.3 Å². The van der Waals surface area contributed by atoms with E-state index < -0.39 is 17.6 Å². The molecule has 0 saturated heterocycles. The second-order valence-corrected chi connectivity index (χ2v) is 7.46. The molecule has 0 bridgehead atoms. The van der Waals surface area contributed by atoms with Crippen LogP contribution in [0.25, 0.3) is 5.69 Å². The van der Waals surface area contributed by atoms with Crippen LogP contribution in [0.4, 0.5) is 14.9 Å². The van der Waals surface area contributed by atoms with Gasteiger partial charge in [-0.25, -0.2) is 9.48 Å². The average Bonchev–Trinajstić information content (AvgIpc) is 2.94. The summed E-state index contributed by atoms with van der Waals surface area (Å²) < 4.78 is 21.7. The highest BCUT2D eigenvalue weighted by atomic mass is 35.5. The summed E-state index contributed by atoms with van der Waals surface area (Å²) in [5.74, 6) is -0.778. The third-order valence-corrected chi connectivity index (χ3v) is 3.98. The van der Waals surface area contributed by atoms with Crippen LogP contribution in [0.2, 0.25) is 5.15 Å². The summed E-state index contributed by atoms with van der Waals surface area (Å²) in [6.07, 6.45) is 2.30. The van der Waals surface area contributed by atoms with Crippen LogP contribution in [-0.2, 0) is 11.3 Å². The molecule has 28 heavy (non-hydrogen) atoms. The summed E-state index contributed by atoms with van der Waals surface area (Å²) in [6.45, 7) is 5.29. The second-order valence-electron chi connectivity index (χ2n) is 7.11. The molecule has 0 N–H and O–H groups in total. The van der Waals surface area contributed by atoms with Crippen LogP contribution in [0.1, 0.15) is 26.3 Å². The Bertz CT molecular complexity index is 956. The molecule has 1 amide bonds. The van der Waals surface area contributed by atoms with Crippen molar-refractivity contribution in [2.45, 2.75) is 32.9 Å². The highest BCUT2D eigenvalue weighted by Gasteiger charge is 2.31. The molecule has 8 heteroatoms. The Morgan fingerprint density at radius 3 is 2.54 bits per heavy atom. The fourth-order valence-electron chi connectivity index (χ4n) is 2.56. The summed E-state index contributed by atoms with van der Waals surface area (Å²) in [6, 6.07) is 12.5. The number of pyridine rings is 1. The molecule has 0 aliphatic carbocycles. The topological polar surface area (TPSA) is 60.2 Å². The lowest BCUT2D eigenvalue weighted by Crippen LogP contribution is -2.37. The number of rotatable bonds is 4. The summed E-state index contributed by atoms with van der Waals surface area (Å²) in [7, 11) is 0. The molecule has 0 aliphatic rings. The Kier molecular flexibility index (Phi) is 5.65. The van der Waals surface area contributed by atoms with E-state index in [2.05, 4.69) is 10.1 Å². The van der Waals surface area contributed by atoms with Gasteiger partial charge in [-0.1, -0.05) is 41.9 Å². The first kappa shape index (κ1) is 19.8.